The van der Waals surface area contributed by atoms with Gasteiger partial charge in [-0.3, -0.25) is 33.6 Å². The lowest BCUT2D eigenvalue weighted by Crippen LogP contribution is -2.52. The van der Waals surface area contributed by atoms with Crippen LogP contribution in [0.5, 0.6) is 0 Å². The number of alkyl halides is 1. The normalized spacial score (nSPS) is 15.2. The molecule has 0 aliphatic rings. The van der Waals surface area contributed by atoms with Crippen LogP contribution in [-0.2, 0) is 49.6 Å². The molecule has 0 spiro atoms. The number of halogens is 1. The van der Waals surface area contributed by atoms with Crippen molar-refractivity contribution in [1.29, 1.82) is 0 Å². The Morgan fingerprint density at radius 1 is 0.529 bits per heavy atom. The number of ether oxygens (including phenoxy) is 2. The minimum absolute atomic E-state index is 0.00830. The van der Waals surface area contributed by atoms with E-state index >= 15 is 4.39 Å². The average molecular weight is 962 g/mol. The van der Waals surface area contributed by atoms with E-state index in [2.05, 4.69) is 37.2 Å². The Morgan fingerprint density at radius 3 is 1.40 bits per heavy atom. The molecular weight excluding hydrogens is 878 g/mol. The van der Waals surface area contributed by atoms with Crippen LogP contribution in [-0.4, -0.2) is 102 Å². The number of esters is 1. The summed E-state index contributed by atoms with van der Waals surface area (Å²) in [6, 6.07) is 4.48. The van der Waals surface area contributed by atoms with Crippen molar-refractivity contribution in [2.45, 2.75) is 209 Å². The molecule has 0 saturated carbocycles. The first-order valence-corrected chi connectivity index (χ1v) is 24.1. The third-order valence-corrected chi connectivity index (χ3v) is 10.7. The third-order valence-electron chi connectivity index (χ3n) is 10.7. The quantitative estimate of drug-likeness (QED) is 0.0486. The van der Waals surface area contributed by atoms with Gasteiger partial charge < -0.3 is 46.7 Å². The zero-order valence-electron chi connectivity index (χ0n) is 43.1. The molecule has 18 heteroatoms. The lowest BCUT2D eigenvalue weighted by atomic mass is 9.99. The molecule has 0 aliphatic heterocycles. The molecule has 8 atom stereocenters. The maximum absolute atomic E-state index is 15.6. The molecule has 0 saturated heterocycles. The molecule has 1 rings (SSSR count). The van der Waals surface area contributed by atoms with E-state index in [4.69, 9.17) is 9.47 Å². The molecule has 0 bridgehead atoms. The van der Waals surface area contributed by atoms with Gasteiger partial charge in [0.15, 0.2) is 6.17 Å². The molecule has 68 heavy (non-hydrogen) atoms. The van der Waals surface area contributed by atoms with Gasteiger partial charge in [-0.1, -0.05) is 85.7 Å². The van der Waals surface area contributed by atoms with E-state index in [1.807, 2.05) is 71.9 Å². The van der Waals surface area contributed by atoms with Crippen LogP contribution < -0.4 is 37.2 Å². The van der Waals surface area contributed by atoms with Gasteiger partial charge in [0, 0.05) is 68.4 Å². The van der Waals surface area contributed by atoms with Crippen LogP contribution in [0.3, 0.4) is 0 Å². The van der Waals surface area contributed by atoms with E-state index in [1.165, 1.54) is 6.92 Å². The Bertz CT molecular complexity index is 1770. The fourth-order valence-electron chi connectivity index (χ4n) is 7.29. The fourth-order valence-corrected chi connectivity index (χ4v) is 7.29. The molecular formula is C50H84FN7O10. The molecule has 1 aromatic carbocycles. The SMILES string of the molecule is CC(C)C[C@@H](CC(=O)N[C@@H](C)[C@H](F)C(=O)N[C@H](CC(=O)N[C@@H](C)CC(=O)N[C@H](CC(=O)OCc1ccccc1)CC(C)C)C(C)C)NC(=O)C[C@H](C)NC(=O)C[C@@H](NC(=O)OC(C)(C)C)C(C)C. The summed E-state index contributed by atoms with van der Waals surface area (Å²) in [4.78, 5) is 103. The topological polar surface area (TPSA) is 239 Å². The molecule has 17 nitrogen and oxygen atoms in total. The molecule has 0 heterocycles. The van der Waals surface area contributed by atoms with E-state index in [1.54, 1.807) is 48.5 Å². The van der Waals surface area contributed by atoms with Crippen molar-refractivity contribution in [2.24, 2.45) is 23.7 Å². The van der Waals surface area contributed by atoms with Crippen LogP contribution in [0.2, 0.25) is 0 Å². The van der Waals surface area contributed by atoms with Gasteiger partial charge in [-0.05, 0) is 83.6 Å². The molecule has 386 valence electrons. The van der Waals surface area contributed by atoms with Crippen LogP contribution in [0.1, 0.15) is 154 Å². The van der Waals surface area contributed by atoms with Crippen molar-refractivity contribution in [2.75, 3.05) is 0 Å². The van der Waals surface area contributed by atoms with Crippen molar-refractivity contribution in [3.63, 3.8) is 0 Å². The van der Waals surface area contributed by atoms with E-state index in [9.17, 15) is 38.4 Å². The van der Waals surface area contributed by atoms with E-state index in [0.717, 1.165) is 5.56 Å². The number of carbonyl (C=O) groups excluding carboxylic acids is 8. The minimum Gasteiger partial charge on any atom is -0.461 e. The van der Waals surface area contributed by atoms with Gasteiger partial charge >= 0.3 is 12.1 Å². The van der Waals surface area contributed by atoms with Crippen molar-refractivity contribution in [3.8, 4) is 0 Å². The van der Waals surface area contributed by atoms with Gasteiger partial charge in [-0.15, -0.1) is 0 Å². The fraction of sp³-hybridized carbons (Fsp3) is 0.720. The number of amides is 7. The predicted molar refractivity (Wildman–Crippen MR) is 259 cm³/mol. The monoisotopic (exact) mass is 962 g/mol. The number of carbonyl (C=O) groups is 8. The average Bonchev–Trinajstić information content (AvgIpc) is 3.17. The van der Waals surface area contributed by atoms with Crippen LogP contribution in [0, 0.1) is 23.7 Å². The van der Waals surface area contributed by atoms with Crippen molar-refractivity contribution < 1.29 is 52.2 Å². The Morgan fingerprint density at radius 2 is 0.956 bits per heavy atom. The number of benzene rings is 1. The highest BCUT2D eigenvalue weighted by atomic mass is 19.1. The number of rotatable bonds is 29. The molecule has 7 N–H and O–H groups in total. The molecule has 0 aromatic heterocycles. The molecule has 1 aromatic rings. The number of nitrogens with one attached hydrogen (secondary N) is 7. The summed E-state index contributed by atoms with van der Waals surface area (Å²) in [6.07, 6.45) is -2.43. The van der Waals surface area contributed by atoms with E-state index in [-0.39, 0.29) is 80.6 Å². The van der Waals surface area contributed by atoms with Gasteiger partial charge in [0.25, 0.3) is 5.91 Å². The summed E-state index contributed by atoms with van der Waals surface area (Å²) in [5.41, 5.74) is 0.147. The van der Waals surface area contributed by atoms with Gasteiger partial charge in [-0.25, -0.2) is 9.18 Å². The second kappa shape index (κ2) is 30.3. The summed E-state index contributed by atoms with van der Waals surface area (Å²) in [5.74, 6) is -3.75. The summed E-state index contributed by atoms with van der Waals surface area (Å²) in [5, 5.41) is 19.2. The summed E-state index contributed by atoms with van der Waals surface area (Å²) >= 11 is 0. The highest BCUT2D eigenvalue weighted by Gasteiger charge is 2.31. The smallest absolute Gasteiger partial charge is 0.407 e. The molecule has 0 aliphatic carbocycles. The molecule has 0 radical (unpaired) electrons. The van der Waals surface area contributed by atoms with Crippen LogP contribution in [0.4, 0.5) is 9.18 Å². The first-order chi connectivity index (χ1) is 31.5. The predicted octanol–water partition coefficient (Wildman–Crippen LogP) is 5.67. The summed E-state index contributed by atoms with van der Waals surface area (Å²) < 4.78 is 26.3. The van der Waals surface area contributed by atoms with Gasteiger partial charge in [-0.2, -0.15) is 0 Å². The Balaban J connectivity index is 2.71. The van der Waals surface area contributed by atoms with Crippen LogP contribution in [0.25, 0.3) is 0 Å². The van der Waals surface area contributed by atoms with Crippen molar-refractivity contribution in [3.05, 3.63) is 35.9 Å². The maximum atomic E-state index is 15.6. The molecule has 0 fully saturated rings. The highest BCUT2D eigenvalue weighted by Crippen LogP contribution is 2.15. The van der Waals surface area contributed by atoms with Gasteiger partial charge in [0.05, 0.1) is 12.5 Å². The lowest BCUT2D eigenvalue weighted by Gasteiger charge is -2.26. The first kappa shape index (κ1) is 60.7. The van der Waals surface area contributed by atoms with Crippen molar-refractivity contribution in [1.82, 2.24) is 37.2 Å². The van der Waals surface area contributed by atoms with Gasteiger partial charge in [0.2, 0.25) is 29.5 Å². The highest BCUT2D eigenvalue weighted by molar-refractivity contribution is 5.86. The first-order valence-electron chi connectivity index (χ1n) is 24.1. The Labute approximate surface area is 404 Å². The molecule has 0 unspecified atom stereocenters. The number of hydrogen-bond donors (Lipinski definition) is 7. The Kier molecular flexibility index (Phi) is 27.0. The number of alkyl carbamates (subject to hydrolysis) is 1. The second-order valence-electron chi connectivity index (χ2n) is 20.7. The minimum atomic E-state index is -2.17. The summed E-state index contributed by atoms with van der Waals surface area (Å²) in [7, 11) is 0. The zero-order valence-corrected chi connectivity index (χ0v) is 43.1. The van der Waals surface area contributed by atoms with Crippen LogP contribution in [0.15, 0.2) is 30.3 Å². The maximum Gasteiger partial charge on any atom is 0.407 e. The van der Waals surface area contributed by atoms with E-state index in [0.29, 0.717) is 12.8 Å². The van der Waals surface area contributed by atoms with E-state index < -0.39 is 89.8 Å². The summed E-state index contributed by atoms with van der Waals surface area (Å²) in [6.45, 7) is 25.1. The second-order valence-corrected chi connectivity index (χ2v) is 20.7. The van der Waals surface area contributed by atoms with Crippen LogP contribution >= 0.6 is 0 Å². The van der Waals surface area contributed by atoms with Crippen molar-refractivity contribution >= 4 is 47.5 Å². The lowest BCUT2D eigenvalue weighted by molar-refractivity contribution is -0.146. The van der Waals surface area contributed by atoms with Gasteiger partial charge in [0.1, 0.15) is 12.2 Å². The largest absolute Gasteiger partial charge is 0.461 e. The number of hydrogen-bond acceptors (Lipinski definition) is 10. The Hall–Kier alpha value is -5.29. The zero-order chi connectivity index (χ0) is 51.9. The third kappa shape index (κ3) is 27.5. The molecule has 7 amide bonds. The standard InChI is InChI=1S/C50H84FN7O10/c1-29(2)20-37(55-41(59)22-33(9)53-45(63)27-40(32(7)8)58-49(66)68-50(12,13)14)24-43(61)54-35(11)47(51)48(65)57-39(31(5)6)26-44(62)52-34(10)23-42(60)56-38(21-30(3)4)25-46(64)67-28-36-18-16-15-17-19-36/h15-19,29-35,37-40,47H,20-28H2,1-14H3,(H,52,62)(H,53,63)(H,54,61)(H,55,59)(H,56,60)(H,57,65)(H,58,66)/t33-,34-,35-,37-,38-,39+,40+,47-/m0/s1.